The lowest BCUT2D eigenvalue weighted by Crippen LogP contribution is -2.70. The first kappa shape index (κ1) is 21.9. The van der Waals surface area contributed by atoms with Gasteiger partial charge < -0.3 is 24.1 Å². The van der Waals surface area contributed by atoms with Crippen molar-refractivity contribution < 1.29 is 38.6 Å². The first-order valence-electron chi connectivity index (χ1n) is 11.6. The highest BCUT2D eigenvalue weighted by Gasteiger charge is 2.69. The summed E-state index contributed by atoms with van der Waals surface area (Å²) in [6.07, 6.45) is 2.77. The second-order valence-corrected chi connectivity index (χ2v) is 9.86. The average Bonchev–Trinajstić information content (AvgIpc) is 2.98. The Labute approximate surface area is 188 Å². The summed E-state index contributed by atoms with van der Waals surface area (Å²) in [4.78, 5) is 22.7. The van der Waals surface area contributed by atoms with Crippen LogP contribution in [0.1, 0.15) is 52.9 Å². The van der Waals surface area contributed by atoms with Crippen molar-refractivity contribution in [2.24, 2.45) is 23.7 Å². The maximum absolute atomic E-state index is 10.7. The Kier molecular flexibility index (Phi) is 5.60. The SMILES string of the molecule is C[C@H]1[C@@H](Oc2cccc(OCCC(=O)O)c2)O[C@@H]2O[C@@]3(C)CC[C@H]4[C@H](C)CC[C@@H]1[C@@]24OO3. The fourth-order valence-electron chi connectivity index (χ4n) is 6.03. The van der Waals surface area contributed by atoms with Crippen molar-refractivity contribution in [3.8, 4) is 11.5 Å². The van der Waals surface area contributed by atoms with Crippen molar-refractivity contribution in [2.75, 3.05) is 6.61 Å². The van der Waals surface area contributed by atoms with Crippen molar-refractivity contribution in [3.05, 3.63) is 24.3 Å². The summed E-state index contributed by atoms with van der Waals surface area (Å²) in [7, 11) is 0. The molecule has 6 rings (SSSR count). The Morgan fingerprint density at radius 1 is 1.16 bits per heavy atom. The number of carboxylic acids is 1. The van der Waals surface area contributed by atoms with E-state index in [1.165, 1.54) is 0 Å². The van der Waals surface area contributed by atoms with E-state index in [-0.39, 0.29) is 24.9 Å². The number of fused-ring (bicyclic) bond motifs is 2. The van der Waals surface area contributed by atoms with Gasteiger partial charge in [0.15, 0.2) is 11.9 Å². The fraction of sp³-hybridized carbons (Fsp3) is 0.708. The number of hydrogen-bond acceptors (Lipinski definition) is 7. The van der Waals surface area contributed by atoms with E-state index in [2.05, 4.69) is 13.8 Å². The van der Waals surface area contributed by atoms with Crippen LogP contribution in [0.4, 0.5) is 0 Å². The molecule has 0 aromatic heterocycles. The zero-order chi connectivity index (χ0) is 22.5. The molecule has 1 N–H and O–H groups in total. The van der Waals surface area contributed by atoms with E-state index in [4.69, 9.17) is 33.8 Å². The van der Waals surface area contributed by atoms with Gasteiger partial charge in [-0.05, 0) is 50.2 Å². The normalized spacial score (nSPS) is 42.6. The highest BCUT2D eigenvalue weighted by Crippen LogP contribution is 2.60. The summed E-state index contributed by atoms with van der Waals surface area (Å²) >= 11 is 0. The van der Waals surface area contributed by atoms with E-state index in [0.717, 1.165) is 25.7 Å². The van der Waals surface area contributed by atoms with Crippen LogP contribution in [0.2, 0.25) is 0 Å². The molecule has 0 amide bonds. The van der Waals surface area contributed by atoms with Gasteiger partial charge in [0.25, 0.3) is 0 Å². The van der Waals surface area contributed by atoms with E-state index in [1.807, 2.05) is 19.1 Å². The number of ether oxygens (including phenoxy) is 4. The van der Waals surface area contributed by atoms with Gasteiger partial charge in [0, 0.05) is 24.3 Å². The summed E-state index contributed by atoms with van der Waals surface area (Å²) in [6, 6.07) is 7.20. The molecular weight excluding hydrogens is 416 g/mol. The van der Waals surface area contributed by atoms with Crippen LogP contribution in [0.5, 0.6) is 11.5 Å². The van der Waals surface area contributed by atoms with E-state index in [0.29, 0.717) is 23.3 Å². The number of carboxylic acid groups (broad SMARTS) is 1. The van der Waals surface area contributed by atoms with Gasteiger partial charge in [-0.2, -0.15) is 0 Å². The van der Waals surface area contributed by atoms with Gasteiger partial charge in [0.2, 0.25) is 12.1 Å². The third-order valence-electron chi connectivity index (χ3n) is 7.74. The van der Waals surface area contributed by atoms with Crippen LogP contribution < -0.4 is 9.47 Å². The molecule has 5 fully saturated rings. The topological polar surface area (TPSA) is 92.7 Å². The highest BCUT2D eigenvalue weighted by molar-refractivity contribution is 5.66. The van der Waals surface area contributed by atoms with Crippen LogP contribution in [0.25, 0.3) is 0 Å². The predicted molar refractivity (Wildman–Crippen MR) is 112 cm³/mol. The number of benzene rings is 1. The molecule has 4 saturated heterocycles. The quantitative estimate of drug-likeness (QED) is 0.650. The van der Waals surface area contributed by atoms with Crippen LogP contribution in [0.3, 0.4) is 0 Å². The Morgan fingerprint density at radius 2 is 1.97 bits per heavy atom. The first-order valence-corrected chi connectivity index (χ1v) is 11.6. The maximum Gasteiger partial charge on any atom is 0.306 e. The molecule has 0 unspecified atom stereocenters. The molecular formula is C24H32O8. The van der Waals surface area contributed by atoms with E-state index < -0.39 is 29.9 Å². The van der Waals surface area contributed by atoms with Gasteiger partial charge in [-0.1, -0.05) is 19.9 Å². The first-order chi connectivity index (χ1) is 15.3. The molecule has 176 valence electrons. The molecule has 1 aromatic rings. The van der Waals surface area contributed by atoms with E-state index >= 15 is 0 Å². The fourth-order valence-corrected chi connectivity index (χ4v) is 6.03. The zero-order valence-corrected chi connectivity index (χ0v) is 18.8. The van der Waals surface area contributed by atoms with Gasteiger partial charge in [-0.3, -0.25) is 4.79 Å². The van der Waals surface area contributed by atoms with Crippen LogP contribution >= 0.6 is 0 Å². The smallest absolute Gasteiger partial charge is 0.306 e. The third kappa shape index (κ3) is 3.67. The van der Waals surface area contributed by atoms with E-state index in [9.17, 15) is 4.79 Å². The van der Waals surface area contributed by atoms with E-state index in [1.54, 1.807) is 12.1 Å². The summed E-state index contributed by atoms with van der Waals surface area (Å²) in [5, 5.41) is 8.80. The summed E-state index contributed by atoms with van der Waals surface area (Å²) < 4.78 is 24.6. The molecule has 8 atom stereocenters. The molecule has 1 aliphatic carbocycles. The average molecular weight is 449 g/mol. The lowest BCUT2D eigenvalue weighted by atomic mass is 9.58. The molecule has 1 spiro atoms. The largest absolute Gasteiger partial charge is 0.493 e. The standard InChI is InChI=1S/C24H32O8/c1-14-7-8-19-15(2)21(28-17-6-4-5-16(13-17)27-12-10-20(25)26)29-22-24(19)18(14)9-11-23(3,30-22)31-32-24/h4-6,13-15,18-19,21-22H,7-12H2,1-3H3,(H,25,26)/t14-,15-,18+,19+,21+,22-,23-,24-/m1/s1. The molecule has 4 aliphatic heterocycles. The third-order valence-corrected chi connectivity index (χ3v) is 7.74. The highest BCUT2D eigenvalue weighted by atomic mass is 17.3. The molecule has 5 aliphatic rings. The van der Waals surface area contributed by atoms with Crippen molar-refractivity contribution in [2.45, 2.75) is 76.8 Å². The number of carbonyl (C=O) groups is 1. The zero-order valence-electron chi connectivity index (χ0n) is 18.8. The molecule has 2 bridgehead atoms. The van der Waals surface area contributed by atoms with Crippen molar-refractivity contribution >= 4 is 5.97 Å². The van der Waals surface area contributed by atoms with Crippen LogP contribution in [-0.2, 0) is 24.0 Å². The number of aliphatic carboxylic acids is 1. The number of rotatable bonds is 6. The number of hydrogen-bond donors (Lipinski definition) is 1. The van der Waals surface area contributed by atoms with Gasteiger partial charge in [0.05, 0.1) is 13.0 Å². The van der Waals surface area contributed by atoms with Crippen LogP contribution in [0.15, 0.2) is 24.3 Å². The Morgan fingerprint density at radius 3 is 2.78 bits per heavy atom. The monoisotopic (exact) mass is 448 g/mol. The Bertz CT molecular complexity index is 860. The van der Waals surface area contributed by atoms with Crippen molar-refractivity contribution in [1.29, 1.82) is 0 Å². The van der Waals surface area contributed by atoms with Crippen molar-refractivity contribution in [3.63, 3.8) is 0 Å². The molecule has 4 heterocycles. The lowest BCUT2D eigenvalue weighted by molar-refractivity contribution is -0.575. The summed E-state index contributed by atoms with van der Waals surface area (Å²) in [5.41, 5.74) is -0.616. The second kappa shape index (κ2) is 8.17. The van der Waals surface area contributed by atoms with Gasteiger partial charge >= 0.3 is 5.97 Å². The maximum atomic E-state index is 10.7. The predicted octanol–water partition coefficient (Wildman–Crippen LogP) is 4.13. The van der Waals surface area contributed by atoms with Gasteiger partial charge in [0.1, 0.15) is 11.5 Å². The Balaban J connectivity index is 1.36. The minimum Gasteiger partial charge on any atom is -0.493 e. The second-order valence-electron chi connectivity index (χ2n) is 9.86. The summed E-state index contributed by atoms with van der Waals surface area (Å²) in [5.74, 6) is 0.517. The minimum absolute atomic E-state index is 0.0585. The van der Waals surface area contributed by atoms with Gasteiger partial charge in [-0.15, -0.1) is 0 Å². The lowest BCUT2D eigenvalue weighted by Gasteiger charge is -2.60. The molecule has 32 heavy (non-hydrogen) atoms. The van der Waals surface area contributed by atoms with Crippen LogP contribution in [-0.4, -0.2) is 41.7 Å². The van der Waals surface area contributed by atoms with Crippen molar-refractivity contribution in [1.82, 2.24) is 0 Å². The van der Waals surface area contributed by atoms with Crippen LogP contribution in [0, 0.1) is 23.7 Å². The summed E-state index contributed by atoms with van der Waals surface area (Å²) in [6.45, 7) is 6.44. The molecule has 8 nitrogen and oxygen atoms in total. The molecule has 8 heteroatoms. The molecule has 1 saturated carbocycles. The molecule has 0 radical (unpaired) electrons. The van der Waals surface area contributed by atoms with Gasteiger partial charge in [-0.25, -0.2) is 9.78 Å². The minimum atomic E-state index is -0.895. The Hall–Kier alpha value is -1.87. The molecule has 1 aromatic carbocycles.